The number of aromatic nitrogens is 4. The summed E-state index contributed by atoms with van der Waals surface area (Å²) < 4.78 is 3.15. The molecule has 9 nitrogen and oxygen atoms in total. The summed E-state index contributed by atoms with van der Waals surface area (Å²) in [5.41, 5.74) is 2.63. The van der Waals surface area contributed by atoms with Gasteiger partial charge in [0.2, 0.25) is 11.8 Å². The zero-order chi connectivity index (χ0) is 22.8. The minimum atomic E-state index is -0.351. The van der Waals surface area contributed by atoms with Crippen molar-refractivity contribution in [2.24, 2.45) is 7.05 Å². The minimum absolute atomic E-state index is 0.0797. The fourth-order valence-electron chi connectivity index (χ4n) is 3.75. The third kappa shape index (κ3) is 4.22. The third-order valence-electron chi connectivity index (χ3n) is 5.33. The van der Waals surface area contributed by atoms with E-state index in [-0.39, 0.29) is 23.9 Å². The summed E-state index contributed by atoms with van der Waals surface area (Å²) in [6, 6.07) is 12.7. The van der Waals surface area contributed by atoms with Crippen molar-refractivity contribution in [3.63, 3.8) is 0 Å². The molecule has 0 atom stereocenters. The normalized spacial score (nSPS) is 11.1. The van der Waals surface area contributed by atoms with Crippen molar-refractivity contribution in [2.75, 3.05) is 11.9 Å². The van der Waals surface area contributed by atoms with Crippen molar-refractivity contribution in [3.8, 4) is 0 Å². The molecule has 2 heterocycles. The number of fused-ring (bicyclic) bond motifs is 2. The van der Waals surface area contributed by atoms with Crippen LogP contribution in [0, 0.1) is 6.92 Å². The summed E-state index contributed by atoms with van der Waals surface area (Å²) in [5, 5.41) is 11.2. The standard InChI is InChI=1S/C23H24N6O3/c1-14-17-6-4-5-7-18(17)23(32)29(27-14)13-22(31)25-16-8-9-20-19(12-16)26-21(28(20)3)10-11-24-15(2)30/h4-9,12H,10-11,13H2,1-3H3,(H,24,30)(H,25,31). The quantitative estimate of drug-likeness (QED) is 0.484. The Bertz CT molecular complexity index is 1400. The lowest BCUT2D eigenvalue weighted by Gasteiger charge is -2.09. The fraction of sp³-hybridized carbons (Fsp3) is 0.261. The van der Waals surface area contributed by atoms with Gasteiger partial charge in [-0.3, -0.25) is 14.4 Å². The lowest BCUT2D eigenvalue weighted by atomic mass is 10.1. The number of hydrogen-bond donors (Lipinski definition) is 2. The SMILES string of the molecule is CC(=O)NCCc1nc2cc(NC(=O)Cn3nc(C)c4ccccc4c3=O)ccc2n1C. The second-order valence-corrected chi connectivity index (χ2v) is 7.67. The molecule has 32 heavy (non-hydrogen) atoms. The number of aryl methyl sites for hydroxylation is 2. The maximum absolute atomic E-state index is 12.7. The number of nitrogens with zero attached hydrogens (tertiary/aromatic N) is 4. The van der Waals surface area contributed by atoms with Gasteiger partial charge >= 0.3 is 0 Å². The second-order valence-electron chi connectivity index (χ2n) is 7.67. The van der Waals surface area contributed by atoms with Crippen molar-refractivity contribution < 1.29 is 9.59 Å². The Labute approximate surface area is 184 Å². The molecular weight excluding hydrogens is 408 g/mol. The van der Waals surface area contributed by atoms with Crippen molar-refractivity contribution >= 4 is 39.3 Å². The Hall–Kier alpha value is -4.01. The van der Waals surface area contributed by atoms with Crippen LogP contribution >= 0.6 is 0 Å². The molecule has 2 aromatic carbocycles. The second kappa shape index (κ2) is 8.62. The van der Waals surface area contributed by atoms with E-state index in [4.69, 9.17) is 0 Å². The summed E-state index contributed by atoms with van der Waals surface area (Å²) in [4.78, 5) is 41.0. The topological polar surface area (TPSA) is 111 Å². The lowest BCUT2D eigenvalue weighted by molar-refractivity contribution is -0.119. The molecule has 0 bridgehead atoms. The number of imidazole rings is 1. The van der Waals surface area contributed by atoms with Crippen molar-refractivity contribution in [3.05, 3.63) is 64.3 Å². The number of anilines is 1. The highest BCUT2D eigenvalue weighted by Crippen LogP contribution is 2.20. The summed E-state index contributed by atoms with van der Waals surface area (Å²) in [6.07, 6.45) is 0.600. The van der Waals surface area contributed by atoms with Crippen molar-refractivity contribution in [1.29, 1.82) is 0 Å². The maximum Gasteiger partial charge on any atom is 0.275 e. The van der Waals surface area contributed by atoms with E-state index in [2.05, 4.69) is 20.7 Å². The Kier molecular flexibility index (Phi) is 5.72. The van der Waals surface area contributed by atoms with Crippen LogP contribution in [0.4, 0.5) is 5.69 Å². The number of amides is 2. The number of carbonyl (C=O) groups excluding carboxylic acids is 2. The van der Waals surface area contributed by atoms with Gasteiger partial charge in [-0.1, -0.05) is 18.2 Å². The molecule has 0 saturated heterocycles. The van der Waals surface area contributed by atoms with Crippen LogP contribution in [-0.2, 0) is 29.6 Å². The molecule has 0 fully saturated rings. The molecule has 2 amide bonds. The van der Waals surface area contributed by atoms with Crippen LogP contribution in [0.25, 0.3) is 21.8 Å². The zero-order valence-electron chi connectivity index (χ0n) is 18.2. The van der Waals surface area contributed by atoms with Gasteiger partial charge in [-0.05, 0) is 31.2 Å². The molecule has 0 spiro atoms. The molecule has 164 valence electrons. The Balaban J connectivity index is 1.51. The summed E-state index contributed by atoms with van der Waals surface area (Å²) in [5.74, 6) is 0.402. The van der Waals surface area contributed by atoms with Gasteiger partial charge in [0, 0.05) is 38.0 Å². The van der Waals surface area contributed by atoms with E-state index in [1.807, 2.05) is 36.7 Å². The molecule has 0 unspecified atom stereocenters. The number of carbonyl (C=O) groups is 2. The number of rotatable bonds is 6. The van der Waals surface area contributed by atoms with Crippen LogP contribution in [0.1, 0.15) is 18.4 Å². The molecule has 9 heteroatoms. The summed E-state index contributed by atoms with van der Waals surface area (Å²) in [7, 11) is 1.91. The van der Waals surface area contributed by atoms with Crippen LogP contribution in [-0.4, -0.2) is 37.7 Å². The molecule has 0 aliphatic carbocycles. The van der Waals surface area contributed by atoms with Crippen LogP contribution in [0.15, 0.2) is 47.3 Å². The van der Waals surface area contributed by atoms with E-state index in [0.29, 0.717) is 29.7 Å². The van der Waals surface area contributed by atoms with Crippen LogP contribution < -0.4 is 16.2 Å². The van der Waals surface area contributed by atoms with Gasteiger partial charge in [0.1, 0.15) is 12.4 Å². The molecule has 0 radical (unpaired) electrons. The van der Waals surface area contributed by atoms with E-state index in [1.54, 1.807) is 24.3 Å². The minimum Gasteiger partial charge on any atom is -0.356 e. The molecule has 0 saturated carbocycles. The lowest BCUT2D eigenvalue weighted by Crippen LogP contribution is -2.30. The number of benzene rings is 2. The van der Waals surface area contributed by atoms with Gasteiger partial charge in [0.15, 0.2) is 0 Å². The molecule has 4 aromatic rings. The summed E-state index contributed by atoms with van der Waals surface area (Å²) in [6.45, 7) is 3.61. The molecule has 4 rings (SSSR count). The van der Waals surface area contributed by atoms with E-state index >= 15 is 0 Å². The van der Waals surface area contributed by atoms with Gasteiger partial charge < -0.3 is 15.2 Å². The predicted molar refractivity (Wildman–Crippen MR) is 122 cm³/mol. The van der Waals surface area contributed by atoms with Gasteiger partial charge in [0.05, 0.1) is 22.1 Å². The molecule has 2 N–H and O–H groups in total. The fourth-order valence-corrected chi connectivity index (χ4v) is 3.75. The highest BCUT2D eigenvalue weighted by Gasteiger charge is 2.13. The van der Waals surface area contributed by atoms with Gasteiger partial charge in [-0.15, -0.1) is 0 Å². The van der Waals surface area contributed by atoms with Crippen LogP contribution in [0.5, 0.6) is 0 Å². The molecule has 2 aromatic heterocycles. The third-order valence-corrected chi connectivity index (χ3v) is 5.33. The Morgan fingerprint density at radius 3 is 2.59 bits per heavy atom. The Morgan fingerprint density at radius 2 is 1.84 bits per heavy atom. The first kappa shape index (κ1) is 21.2. The first-order chi connectivity index (χ1) is 15.3. The highest BCUT2D eigenvalue weighted by atomic mass is 16.2. The first-order valence-corrected chi connectivity index (χ1v) is 10.3. The van der Waals surface area contributed by atoms with Gasteiger partial charge in [0.25, 0.3) is 5.56 Å². The monoisotopic (exact) mass is 432 g/mol. The van der Waals surface area contributed by atoms with Gasteiger partial charge in [-0.25, -0.2) is 9.67 Å². The van der Waals surface area contributed by atoms with E-state index < -0.39 is 0 Å². The molecular formula is C23H24N6O3. The van der Waals surface area contributed by atoms with Crippen LogP contribution in [0.3, 0.4) is 0 Å². The number of hydrogen-bond acceptors (Lipinski definition) is 5. The molecule has 0 aliphatic heterocycles. The van der Waals surface area contributed by atoms with E-state index in [9.17, 15) is 14.4 Å². The van der Waals surface area contributed by atoms with Gasteiger partial charge in [-0.2, -0.15) is 5.10 Å². The summed E-state index contributed by atoms with van der Waals surface area (Å²) >= 11 is 0. The highest BCUT2D eigenvalue weighted by molar-refractivity contribution is 5.93. The van der Waals surface area contributed by atoms with E-state index in [0.717, 1.165) is 22.2 Å². The Morgan fingerprint density at radius 1 is 1.09 bits per heavy atom. The zero-order valence-corrected chi connectivity index (χ0v) is 18.2. The van der Waals surface area contributed by atoms with E-state index in [1.165, 1.54) is 11.6 Å². The average Bonchev–Trinajstić information content (AvgIpc) is 3.06. The first-order valence-electron chi connectivity index (χ1n) is 10.3. The smallest absolute Gasteiger partial charge is 0.275 e. The number of nitrogens with one attached hydrogen (secondary N) is 2. The van der Waals surface area contributed by atoms with Crippen LogP contribution in [0.2, 0.25) is 0 Å². The van der Waals surface area contributed by atoms with Crippen molar-refractivity contribution in [2.45, 2.75) is 26.8 Å². The largest absolute Gasteiger partial charge is 0.356 e. The van der Waals surface area contributed by atoms with Crippen molar-refractivity contribution in [1.82, 2.24) is 24.6 Å². The average molecular weight is 432 g/mol. The molecule has 0 aliphatic rings. The maximum atomic E-state index is 12.7. The predicted octanol–water partition coefficient (Wildman–Crippen LogP) is 1.91.